The van der Waals surface area contributed by atoms with E-state index in [0.29, 0.717) is 5.60 Å². The maximum atomic E-state index is 5.69. The van der Waals surface area contributed by atoms with Crippen molar-refractivity contribution in [1.82, 2.24) is 0 Å². The molecule has 1 aliphatic heterocycles. The molecule has 1 saturated heterocycles. The van der Waals surface area contributed by atoms with Crippen molar-refractivity contribution in [1.29, 1.82) is 0 Å². The van der Waals surface area contributed by atoms with Crippen molar-refractivity contribution < 1.29 is 4.74 Å². The van der Waals surface area contributed by atoms with Crippen LogP contribution in [0.15, 0.2) is 0 Å². The fourth-order valence-electron chi connectivity index (χ4n) is 2.06. The number of hydrogen-bond donors (Lipinski definition) is 0. The molecule has 0 N–H and O–H groups in total. The molecule has 2 atom stereocenters. The molecule has 1 nitrogen and oxygen atoms in total. The minimum atomic E-state index is 0.375. The molecule has 52 valence electrons. The van der Waals surface area contributed by atoms with Gasteiger partial charge < -0.3 is 4.74 Å². The van der Waals surface area contributed by atoms with Gasteiger partial charge >= 0.3 is 0 Å². The van der Waals surface area contributed by atoms with Crippen LogP contribution < -0.4 is 0 Å². The fraction of sp³-hybridized carbons (Fsp3) is 1.00. The van der Waals surface area contributed by atoms with E-state index in [-0.39, 0.29) is 0 Å². The summed E-state index contributed by atoms with van der Waals surface area (Å²) in [6.07, 6.45) is 5.34. The molecule has 1 heterocycles. The van der Waals surface area contributed by atoms with E-state index in [1.54, 1.807) is 0 Å². The number of rotatable bonds is 0. The van der Waals surface area contributed by atoms with Crippen molar-refractivity contribution in [2.45, 2.75) is 38.2 Å². The van der Waals surface area contributed by atoms with Crippen molar-refractivity contribution in [3.63, 3.8) is 0 Å². The molecule has 0 radical (unpaired) electrons. The van der Waals surface area contributed by atoms with Gasteiger partial charge in [0.15, 0.2) is 0 Å². The highest BCUT2D eigenvalue weighted by Gasteiger charge is 2.46. The summed E-state index contributed by atoms with van der Waals surface area (Å²) in [6.45, 7) is 3.33. The number of ether oxygens (including phenoxy) is 1. The first-order valence-electron chi connectivity index (χ1n) is 3.97. The van der Waals surface area contributed by atoms with Gasteiger partial charge in [-0.2, -0.15) is 0 Å². The molecule has 1 heteroatoms. The second-order valence-corrected chi connectivity index (χ2v) is 3.46. The van der Waals surface area contributed by atoms with E-state index >= 15 is 0 Å². The van der Waals surface area contributed by atoms with Crippen LogP contribution in [0.1, 0.15) is 32.6 Å². The zero-order valence-corrected chi connectivity index (χ0v) is 6.02. The molecule has 2 aliphatic rings. The van der Waals surface area contributed by atoms with Crippen LogP contribution >= 0.6 is 0 Å². The smallest absolute Gasteiger partial charge is 0.0708 e. The van der Waals surface area contributed by atoms with Gasteiger partial charge in [0.25, 0.3) is 0 Å². The Morgan fingerprint density at radius 3 is 2.56 bits per heavy atom. The Labute approximate surface area is 56.4 Å². The van der Waals surface area contributed by atoms with Gasteiger partial charge in [-0.25, -0.2) is 0 Å². The standard InChI is InChI=1S/C8H14O/c1-7-3-5-8(7)4-2-6-9-8/h7H,2-6H2,1H3/t7?,8-/m0/s1. The largest absolute Gasteiger partial charge is 0.375 e. The fourth-order valence-corrected chi connectivity index (χ4v) is 2.06. The summed E-state index contributed by atoms with van der Waals surface area (Å²) >= 11 is 0. The molecule has 1 spiro atoms. The molecule has 0 aromatic heterocycles. The Balaban J connectivity index is 2.06. The molecule has 0 amide bonds. The van der Waals surface area contributed by atoms with E-state index < -0.39 is 0 Å². The van der Waals surface area contributed by atoms with E-state index in [1.165, 1.54) is 25.7 Å². The average molecular weight is 126 g/mol. The summed E-state index contributed by atoms with van der Waals surface area (Å²) in [5.74, 6) is 0.847. The zero-order chi connectivity index (χ0) is 6.32. The number of hydrogen-bond acceptors (Lipinski definition) is 1. The Kier molecular flexibility index (Phi) is 1.10. The highest BCUT2D eigenvalue weighted by molar-refractivity contribution is 4.97. The third-order valence-corrected chi connectivity index (χ3v) is 3.03. The molecule has 1 unspecified atom stereocenters. The topological polar surface area (TPSA) is 9.23 Å². The molecule has 1 aliphatic carbocycles. The molecule has 0 bridgehead atoms. The third-order valence-electron chi connectivity index (χ3n) is 3.03. The van der Waals surface area contributed by atoms with Crippen LogP contribution in [0, 0.1) is 5.92 Å². The van der Waals surface area contributed by atoms with E-state index in [1.807, 2.05) is 0 Å². The lowest BCUT2D eigenvalue weighted by atomic mass is 9.69. The van der Waals surface area contributed by atoms with Gasteiger partial charge in [0.1, 0.15) is 0 Å². The van der Waals surface area contributed by atoms with Crippen molar-refractivity contribution in [3.05, 3.63) is 0 Å². The van der Waals surface area contributed by atoms with Crippen molar-refractivity contribution in [2.24, 2.45) is 5.92 Å². The molecule has 2 rings (SSSR count). The first-order valence-corrected chi connectivity index (χ1v) is 3.97. The van der Waals surface area contributed by atoms with Crippen LogP contribution in [-0.2, 0) is 4.74 Å². The monoisotopic (exact) mass is 126 g/mol. The molecule has 2 fully saturated rings. The highest BCUT2D eigenvalue weighted by atomic mass is 16.5. The summed E-state index contributed by atoms with van der Waals surface area (Å²) in [5, 5.41) is 0. The lowest BCUT2D eigenvalue weighted by Crippen LogP contribution is -2.44. The summed E-state index contributed by atoms with van der Waals surface area (Å²) in [6, 6.07) is 0. The highest BCUT2D eigenvalue weighted by Crippen LogP contribution is 2.47. The minimum Gasteiger partial charge on any atom is -0.375 e. The summed E-state index contributed by atoms with van der Waals surface area (Å²) in [7, 11) is 0. The van der Waals surface area contributed by atoms with Gasteiger partial charge in [-0.3, -0.25) is 0 Å². The Bertz CT molecular complexity index is 114. The molecule has 0 aromatic rings. The second kappa shape index (κ2) is 1.72. The van der Waals surface area contributed by atoms with Gasteiger partial charge in [0.05, 0.1) is 5.60 Å². The maximum absolute atomic E-state index is 5.69. The van der Waals surface area contributed by atoms with Crippen LogP contribution in [0.2, 0.25) is 0 Å². The van der Waals surface area contributed by atoms with E-state index in [9.17, 15) is 0 Å². The van der Waals surface area contributed by atoms with Gasteiger partial charge in [-0.1, -0.05) is 6.92 Å². The predicted molar refractivity (Wildman–Crippen MR) is 36.3 cm³/mol. The Hall–Kier alpha value is -0.0400. The van der Waals surface area contributed by atoms with Crippen molar-refractivity contribution >= 4 is 0 Å². The van der Waals surface area contributed by atoms with E-state index in [0.717, 1.165) is 12.5 Å². The molecule has 9 heavy (non-hydrogen) atoms. The lowest BCUT2D eigenvalue weighted by molar-refractivity contribution is -0.102. The van der Waals surface area contributed by atoms with Gasteiger partial charge in [0, 0.05) is 6.61 Å². The first-order chi connectivity index (χ1) is 4.33. The summed E-state index contributed by atoms with van der Waals surface area (Å²) in [4.78, 5) is 0. The minimum absolute atomic E-state index is 0.375. The molecule has 1 saturated carbocycles. The van der Waals surface area contributed by atoms with Gasteiger partial charge in [-0.05, 0) is 31.6 Å². The SMILES string of the molecule is CC1CC[C@@]12CCCO2. The molecular weight excluding hydrogens is 112 g/mol. The Morgan fingerprint density at radius 2 is 2.33 bits per heavy atom. The predicted octanol–water partition coefficient (Wildman–Crippen LogP) is 1.97. The van der Waals surface area contributed by atoms with Crippen LogP contribution in [-0.4, -0.2) is 12.2 Å². The van der Waals surface area contributed by atoms with Crippen molar-refractivity contribution in [2.75, 3.05) is 6.61 Å². The maximum Gasteiger partial charge on any atom is 0.0708 e. The van der Waals surface area contributed by atoms with Gasteiger partial charge in [0.2, 0.25) is 0 Å². The third kappa shape index (κ3) is 0.644. The van der Waals surface area contributed by atoms with Crippen molar-refractivity contribution in [3.8, 4) is 0 Å². The average Bonchev–Trinajstić information content (AvgIpc) is 2.34. The molecular formula is C8H14O. The Morgan fingerprint density at radius 1 is 1.44 bits per heavy atom. The summed E-state index contributed by atoms with van der Waals surface area (Å²) in [5.41, 5.74) is 0.375. The van der Waals surface area contributed by atoms with Gasteiger partial charge in [-0.15, -0.1) is 0 Å². The van der Waals surface area contributed by atoms with Crippen LogP contribution in [0.4, 0.5) is 0 Å². The van der Waals surface area contributed by atoms with E-state index in [4.69, 9.17) is 4.74 Å². The van der Waals surface area contributed by atoms with E-state index in [2.05, 4.69) is 6.92 Å². The lowest BCUT2D eigenvalue weighted by Gasteiger charge is -2.44. The molecule has 0 aromatic carbocycles. The zero-order valence-electron chi connectivity index (χ0n) is 6.02. The van der Waals surface area contributed by atoms with Crippen LogP contribution in [0.3, 0.4) is 0 Å². The quantitative estimate of drug-likeness (QED) is 0.482. The normalized spacial score (nSPS) is 49.7. The summed E-state index contributed by atoms with van der Waals surface area (Å²) < 4.78 is 5.69. The first kappa shape index (κ1) is 5.72. The second-order valence-electron chi connectivity index (χ2n) is 3.46. The van der Waals surface area contributed by atoms with Crippen LogP contribution in [0.25, 0.3) is 0 Å². The van der Waals surface area contributed by atoms with Crippen LogP contribution in [0.5, 0.6) is 0 Å².